The SMILES string of the molecule is NC(=O)[C@@H]1CN(C(=O)C(F)(F)C2(O)CCC2)C[C@H]1C(F)(F)F. The first-order chi connectivity index (χ1) is 9.90. The van der Waals surface area contributed by atoms with Gasteiger partial charge < -0.3 is 15.7 Å². The molecule has 0 unspecified atom stereocenters. The molecule has 0 bridgehead atoms. The minimum Gasteiger partial charge on any atom is -0.383 e. The summed E-state index contributed by atoms with van der Waals surface area (Å²) < 4.78 is 66.5. The number of amides is 2. The van der Waals surface area contributed by atoms with Crippen molar-refractivity contribution in [3.8, 4) is 0 Å². The molecular formula is C12H15F5N2O3. The van der Waals surface area contributed by atoms with Gasteiger partial charge in [0.05, 0.1) is 11.8 Å². The third kappa shape index (κ3) is 2.53. The summed E-state index contributed by atoms with van der Waals surface area (Å²) in [6.07, 6.45) is -5.14. The molecule has 3 N–H and O–H groups in total. The Kier molecular flexibility index (Phi) is 3.87. The van der Waals surface area contributed by atoms with Gasteiger partial charge in [-0.2, -0.15) is 22.0 Å². The molecule has 5 nitrogen and oxygen atoms in total. The molecule has 1 aliphatic heterocycles. The van der Waals surface area contributed by atoms with E-state index < -0.39 is 54.4 Å². The first-order valence-electron chi connectivity index (χ1n) is 6.66. The Labute approximate surface area is 122 Å². The second-order valence-corrected chi connectivity index (χ2v) is 5.83. The molecule has 0 aromatic rings. The third-order valence-corrected chi connectivity index (χ3v) is 4.43. The van der Waals surface area contributed by atoms with Crippen LogP contribution in [0.1, 0.15) is 19.3 Å². The summed E-state index contributed by atoms with van der Waals surface area (Å²) in [5.41, 5.74) is 2.34. The first kappa shape index (κ1) is 16.9. The zero-order valence-corrected chi connectivity index (χ0v) is 11.4. The Morgan fingerprint density at radius 3 is 2.00 bits per heavy atom. The van der Waals surface area contributed by atoms with Gasteiger partial charge in [-0.15, -0.1) is 0 Å². The summed E-state index contributed by atoms with van der Waals surface area (Å²) in [6, 6.07) is 0. The minimum atomic E-state index is -4.84. The molecule has 2 rings (SSSR count). The highest BCUT2D eigenvalue weighted by molar-refractivity contribution is 5.87. The number of primary amides is 1. The van der Waals surface area contributed by atoms with Crippen LogP contribution >= 0.6 is 0 Å². The number of alkyl halides is 5. The van der Waals surface area contributed by atoms with E-state index in [-0.39, 0.29) is 17.7 Å². The van der Waals surface area contributed by atoms with Crippen molar-refractivity contribution in [1.82, 2.24) is 4.90 Å². The van der Waals surface area contributed by atoms with E-state index in [2.05, 4.69) is 0 Å². The Morgan fingerprint density at radius 2 is 1.68 bits per heavy atom. The molecule has 0 aromatic heterocycles. The van der Waals surface area contributed by atoms with Crippen molar-refractivity contribution in [3.63, 3.8) is 0 Å². The van der Waals surface area contributed by atoms with Gasteiger partial charge in [-0.25, -0.2) is 0 Å². The Balaban J connectivity index is 2.20. The number of nitrogens with zero attached hydrogens (tertiary/aromatic N) is 1. The predicted molar refractivity (Wildman–Crippen MR) is 62.6 cm³/mol. The van der Waals surface area contributed by atoms with Crippen LogP contribution in [0.15, 0.2) is 0 Å². The molecule has 1 heterocycles. The van der Waals surface area contributed by atoms with Crippen LogP contribution in [0, 0.1) is 11.8 Å². The van der Waals surface area contributed by atoms with E-state index >= 15 is 0 Å². The van der Waals surface area contributed by atoms with E-state index in [1.165, 1.54) is 0 Å². The van der Waals surface area contributed by atoms with E-state index in [0.29, 0.717) is 6.42 Å². The van der Waals surface area contributed by atoms with Gasteiger partial charge in [0.2, 0.25) is 5.91 Å². The second kappa shape index (κ2) is 5.04. The van der Waals surface area contributed by atoms with Crippen LogP contribution in [0.4, 0.5) is 22.0 Å². The van der Waals surface area contributed by atoms with Crippen LogP contribution in [0.25, 0.3) is 0 Å². The number of carbonyl (C=O) groups is 2. The zero-order chi connectivity index (χ0) is 16.9. The summed E-state index contributed by atoms with van der Waals surface area (Å²) in [4.78, 5) is 23.2. The maximum Gasteiger partial charge on any atom is 0.394 e. The fraction of sp³-hybridized carbons (Fsp3) is 0.833. The van der Waals surface area contributed by atoms with Crippen molar-refractivity contribution in [3.05, 3.63) is 0 Å². The topological polar surface area (TPSA) is 83.6 Å². The lowest BCUT2D eigenvalue weighted by Gasteiger charge is -2.42. The first-order valence-corrected chi connectivity index (χ1v) is 6.66. The molecule has 10 heteroatoms. The van der Waals surface area contributed by atoms with Crippen LogP contribution in [-0.2, 0) is 9.59 Å². The maximum absolute atomic E-state index is 14.0. The van der Waals surface area contributed by atoms with E-state index in [9.17, 15) is 36.6 Å². The largest absolute Gasteiger partial charge is 0.394 e. The van der Waals surface area contributed by atoms with Crippen molar-refractivity contribution < 1.29 is 36.6 Å². The molecule has 0 spiro atoms. The second-order valence-electron chi connectivity index (χ2n) is 5.83. The van der Waals surface area contributed by atoms with Crippen LogP contribution in [-0.4, -0.2) is 52.6 Å². The van der Waals surface area contributed by atoms with Gasteiger partial charge in [0.1, 0.15) is 5.60 Å². The molecule has 2 atom stereocenters. The van der Waals surface area contributed by atoms with Crippen LogP contribution in [0.3, 0.4) is 0 Å². The van der Waals surface area contributed by atoms with E-state index in [1.807, 2.05) is 0 Å². The summed E-state index contributed by atoms with van der Waals surface area (Å²) >= 11 is 0. The summed E-state index contributed by atoms with van der Waals surface area (Å²) in [5, 5.41) is 9.66. The van der Waals surface area contributed by atoms with Crippen molar-refractivity contribution in [1.29, 1.82) is 0 Å². The normalized spacial score (nSPS) is 28.4. The third-order valence-electron chi connectivity index (χ3n) is 4.43. The molecule has 2 fully saturated rings. The number of likely N-dealkylation sites (tertiary alicyclic amines) is 1. The Hall–Kier alpha value is -1.45. The van der Waals surface area contributed by atoms with Crippen molar-refractivity contribution in [2.24, 2.45) is 17.6 Å². The number of hydrogen-bond donors (Lipinski definition) is 2. The fourth-order valence-corrected chi connectivity index (χ4v) is 2.81. The molecule has 126 valence electrons. The highest BCUT2D eigenvalue weighted by Gasteiger charge is 2.64. The number of nitrogens with two attached hydrogens (primary N) is 1. The van der Waals surface area contributed by atoms with E-state index in [1.54, 1.807) is 0 Å². The minimum absolute atomic E-state index is 0.268. The number of halogens is 5. The lowest BCUT2D eigenvalue weighted by atomic mass is 9.75. The van der Waals surface area contributed by atoms with Gasteiger partial charge in [0, 0.05) is 13.1 Å². The summed E-state index contributed by atoms with van der Waals surface area (Å²) in [7, 11) is 0. The van der Waals surface area contributed by atoms with E-state index in [4.69, 9.17) is 5.73 Å². The molecule has 2 amide bonds. The van der Waals surface area contributed by atoms with Gasteiger partial charge in [-0.3, -0.25) is 9.59 Å². The van der Waals surface area contributed by atoms with Crippen molar-refractivity contribution in [2.75, 3.05) is 13.1 Å². The average molecular weight is 330 g/mol. The highest BCUT2D eigenvalue weighted by atomic mass is 19.4. The van der Waals surface area contributed by atoms with Crippen LogP contribution in [0.2, 0.25) is 0 Å². The molecule has 0 radical (unpaired) electrons. The lowest BCUT2D eigenvalue weighted by molar-refractivity contribution is -0.223. The van der Waals surface area contributed by atoms with Gasteiger partial charge in [-0.1, -0.05) is 0 Å². The van der Waals surface area contributed by atoms with Crippen molar-refractivity contribution in [2.45, 2.75) is 37.0 Å². The number of rotatable bonds is 3. The van der Waals surface area contributed by atoms with Gasteiger partial charge in [0.25, 0.3) is 5.91 Å². The Morgan fingerprint density at radius 1 is 1.14 bits per heavy atom. The fourth-order valence-electron chi connectivity index (χ4n) is 2.81. The molecular weight excluding hydrogens is 315 g/mol. The van der Waals surface area contributed by atoms with Crippen LogP contribution < -0.4 is 5.73 Å². The summed E-state index contributed by atoms with van der Waals surface area (Å²) in [6.45, 7) is -1.90. The quantitative estimate of drug-likeness (QED) is 0.746. The molecule has 0 aromatic carbocycles. The molecule has 1 saturated heterocycles. The number of aliphatic hydroxyl groups is 1. The van der Waals surface area contributed by atoms with Gasteiger partial charge in [-0.05, 0) is 19.3 Å². The summed E-state index contributed by atoms with van der Waals surface area (Å²) in [5.74, 6) is -11.4. The molecule has 22 heavy (non-hydrogen) atoms. The average Bonchev–Trinajstić information content (AvgIpc) is 2.79. The smallest absolute Gasteiger partial charge is 0.383 e. The number of hydrogen-bond acceptors (Lipinski definition) is 3. The Bertz CT molecular complexity index is 490. The van der Waals surface area contributed by atoms with Crippen LogP contribution in [0.5, 0.6) is 0 Å². The molecule has 1 saturated carbocycles. The van der Waals surface area contributed by atoms with Crippen molar-refractivity contribution >= 4 is 11.8 Å². The lowest BCUT2D eigenvalue weighted by Crippen LogP contribution is -2.61. The highest BCUT2D eigenvalue weighted by Crippen LogP contribution is 2.46. The number of carbonyl (C=O) groups excluding carboxylic acids is 2. The predicted octanol–water partition coefficient (Wildman–Crippen LogP) is 0.659. The van der Waals surface area contributed by atoms with Gasteiger partial charge >= 0.3 is 12.1 Å². The molecule has 2 aliphatic rings. The maximum atomic E-state index is 14.0. The van der Waals surface area contributed by atoms with E-state index in [0.717, 1.165) is 0 Å². The standard InChI is InChI=1S/C12H15F5N2O3/c13-11(14,10(22)2-1-3-10)9(21)19-4-6(8(18)20)7(5-19)12(15,16)17/h6-7,22H,1-5H2,(H2,18,20)/t6-,7-/m1/s1. The monoisotopic (exact) mass is 330 g/mol. The zero-order valence-electron chi connectivity index (χ0n) is 11.4. The molecule has 1 aliphatic carbocycles. The van der Waals surface area contributed by atoms with Gasteiger partial charge in [0.15, 0.2) is 0 Å².